The number of alkyl halides is 1. The first kappa shape index (κ1) is 18.7. The van der Waals surface area contributed by atoms with Gasteiger partial charge in [-0.2, -0.15) is 0 Å². The maximum atomic E-state index is 12.7. The Morgan fingerprint density at radius 2 is 1.84 bits per heavy atom. The van der Waals surface area contributed by atoms with Gasteiger partial charge in [0.05, 0.1) is 5.41 Å². The quantitative estimate of drug-likeness (QED) is 0.534. The molecule has 2 unspecified atom stereocenters. The van der Waals surface area contributed by atoms with Gasteiger partial charge in [0.1, 0.15) is 0 Å². The predicted octanol–water partition coefficient (Wildman–Crippen LogP) is 2.89. The maximum absolute atomic E-state index is 12.7. The molecule has 0 aromatic rings. The van der Waals surface area contributed by atoms with Crippen molar-refractivity contribution in [1.82, 2.24) is 10.6 Å². The Morgan fingerprint density at radius 1 is 1.20 bits per heavy atom. The highest BCUT2D eigenvalue weighted by Crippen LogP contribution is 2.64. The second-order valence-corrected chi connectivity index (χ2v) is 9.98. The van der Waals surface area contributed by atoms with Crippen molar-refractivity contribution in [2.45, 2.75) is 69.2 Å². The summed E-state index contributed by atoms with van der Waals surface area (Å²) in [7, 11) is 0. The van der Waals surface area contributed by atoms with Crippen LogP contribution in [0.3, 0.4) is 0 Å². The molecule has 4 aliphatic carbocycles. The van der Waals surface area contributed by atoms with Gasteiger partial charge in [-0.3, -0.25) is 14.9 Å². The summed E-state index contributed by atoms with van der Waals surface area (Å²) in [6.07, 6.45) is 6.78. The summed E-state index contributed by atoms with van der Waals surface area (Å²) in [5.41, 5.74) is -0.452. The summed E-state index contributed by atoms with van der Waals surface area (Å²) in [6, 6.07) is -0.567. The standard InChI is InChI=1S/C18H27BrN2O4/c1-3-11(2)20-16(24)21-14(22)9-25-15(23)17-5-12-4-13(6-17)8-18(19,7-12)10-17/h11-13H,3-10H2,1-2H3,(H2,20,21,22,24)/t11-,12-,13+,17?,18?/m0/s1. The van der Waals surface area contributed by atoms with Crippen LogP contribution in [0.2, 0.25) is 0 Å². The van der Waals surface area contributed by atoms with Gasteiger partial charge < -0.3 is 10.1 Å². The normalized spacial score (nSPS) is 36.6. The van der Waals surface area contributed by atoms with Crippen molar-refractivity contribution in [1.29, 1.82) is 0 Å². The van der Waals surface area contributed by atoms with E-state index in [1.165, 1.54) is 6.42 Å². The van der Waals surface area contributed by atoms with E-state index in [1.807, 2.05) is 13.8 Å². The number of rotatable bonds is 5. The molecule has 0 heterocycles. The van der Waals surface area contributed by atoms with Crippen LogP contribution >= 0.6 is 15.9 Å². The lowest BCUT2D eigenvalue weighted by molar-refractivity contribution is -0.171. The van der Waals surface area contributed by atoms with E-state index in [-0.39, 0.29) is 16.3 Å². The van der Waals surface area contributed by atoms with Gasteiger partial charge in [0.15, 0.2) is 6.61 Å². The first-order valence-electron chi connectivity index (χ1n) is 9.20. The number of esters is 1. The smallest absolute Gasteiger partial charge is 0.321 e. The first-order valence-corrected chi connectivity index (χ1v) is 9.99. The third-order valence-electron chi connectivity index (χ3n) is 6.00. The van der Waals surface area contributed by atoms with Gasteiger partial charge in [0.2, 0.25) is 0 Å². The molecule has 0 spiro atoms. The van der Waals surface area contributed by atoms with Crippen LogP contribution in [-0.4, -0.2) is 34.9 Å². The Labute approximate surface area is 156 Å². The van der Waals surface area contributed by atoms with E-state index < -0.39 is 24.0 Å². The molecule has 0 saturated heterocycles. The molecule has 0 aliphatic heterocycles. The number of nitrogens with one attached hydrogen (secondary N) is 2. The molecular weight excluding hydrogens is 388 g/mol. The van der Waals surface area contributed by atoms with Crippen LogP contribution in [0, 0.1) is 17.3 Å². The fraction of sp³-hybridized carbons (Fsp3) is 0.833. The van der Waals surface area contributed by atoms with E-state index >= 15 is 0 Å². The van der Waals surface area contributed by atoms with Crippen molar-refractivity contribution in [3.05, 3.63) is 0 Å². The lowest BCUT2D eigenvalue weighted by Gasteiger charge is -2.58. The second-order valence-electron chi connectivity index (χ2n) is 8.30. The summed E-state index contributed by atoms with van der Waals surface area (Å²) >= 11 is 3.86. The Bertz CT molecular complexity index is 565. The lowest BCUT2D eigenvalue weighted by Crippen LogP contribution is -2.56. The Balaban J connectivity index is 1.51. The fourth-order valence-electron chi connectivity index (χ4n) is 5.20. The lowest BCUT2D eigenvalue weighted by atomic mass is 9.49. The van der Waals surface area contributed by atoms with Crippen molar-refractivity contribution in [3.8, 4) is 0 Å². The third kappa shape index (κ3) is 4.01. The number of hydrogen-bond acceptors (Lipinski definition) is 4. The third-order valence-corrected chi connectivity index (χ3v) is 6.93. The minimum Gasteiger partial charge on any atom is -0.455 e. The van der Waals surface area contributed by atoms with Gasteiger partial charge >= 0.3 is 12.0 Å². The van der Waals surface area contributed by atoms with Crippen molar-refractivity contribution >= 4 is 33.8 Å². The number of imide groups is 1. The van der Waals surface area contributed by atoms with Crippen molar-refractivity contribution in [2.24, 2.45) is 17.3 Å². The number of carbonyl (C=O) groups is 3. The number of carbonyl (C=O) groups excluding carboxylic acids is 3. The molecule has 0 aromatic carbocycles. The minimum absolute atomic E-state index is 0.0162. The molecular formula is C18H27BrN2O4. The van der Waals surface area contributed by atoms with E-state index in [0.717, 1.165) is 38.5 Å². The van der Waals surface area contributed by atoms with Gasteiger partial charge in [-0.1, -0.05) is 22.9 Å². The molecule has 140 valence electrons. The number of halogens is 1. The molecule has 5 atom stereocenters. The average Bonchev–Trinajstić information content (AvgIpc) is 2.49. The maximum Gasteiger partial charge on any atom is 0.321 e. The zero-order valence-corrected chi connectivity index (χ0v) is 16.5. The zero-order chi connectivity index (χ0) is 18.2. The Hall–Kier alpha value is -1.11. The minimum atomic E-state index is -0.590. The SMILES string of the molecule is CC[C@H](C)NC(=O)NC(=O)COC(=O)C12C[C@@H]3C[C@@H](CC(Br)(C3)C1)C2. The first-order chi connectivity index (χ1) is 11.7. The molecule has 0 aromatic heterocycles. The topological polar surface area (TPSA) is 84.5 Å². The summed E-state index contributed by atoms with van der Waals surface area (Å²) < 4.78 is 5.38. The van der Waals surface area contributed by atoms with E-state index in [0.29, 0.717) is 11.8 Å². The van der Waals surface area contributed by atoms with Crippen molar-refractivity contribution < 1.29 is 19.1 Å². The fourth-order valence-corrected chi connectivity index (χ4v) is 6.65. The Morgan fingerprint density at radius 3 is 2.40 bits per heavy atom. The molecule has 7 heteroatoms. The van der Waals surface area contributed by atoms with E-state index in [1.54, 1.807) is 0 Å². The highest BCUT2D eigenvalue weighted by Gasteiger charge is 2.60. The predicted molar refractivity (Wildman–Crippen MR) is 96.2 cm³/mol. The van der Waals surface area contributed by atoms with Gasteiger partial charge in [-0.15, -0.1) is 0 Å². The van der Waals surface area contributed by atoms with Crippen LogP contribution in [0.5, 0.6) is 0 Å². The van der Waals surface area contributed by atoms with Crippen LogP contribution in [0.4, 0.5) is 4.79 Å². The van der Waals surface area contributed by atoms with Gasteiger partial charge in [-0.05, 0) is 63.7 Å². The molecule has 6 nitrogen and oxygen atoms in total. The molecule has 4 bridgehead atoms. The molecule has 4 rings (SSSR count). The van der Waals surface area contributed by atoms with Gasteiger partial charge in [-0.25, -0.2) is 4.79 Å². The molecule has 2 N–H and O–H groups in total. The van der Waals surface area contributed by atoms with Gasteiger partial charge in [0, 0.05) is 10.4 Å². The highest BCUT2D eigenvalue weighted by atomic mass is 79.9. The van der Waals surface area contributed by atoms with Crippen molar-refractivity contribution in [2.75, 3.05) is 6.61 Å². The van der Waals surface area contributed by atoms with E-state index in [4.69, 9.17) is 4.74 Å². The Kier molecular flexibility index (Phi) is 5.15. The van der Waals surface area contributed by atoms with Crippen molar-refractivity contribution in [3.63, 3.8) is 0 Å². The number of hydrogen-bond donors (Lipinski definition) is 2. The number of urea groups is 1. The molecule has 4 fully saturated rings. The van der Waals surface area contributed by atoms with Crippen LogP contribution in [0.15, 0.2) is 0 Å². The van der Waals surface area contributed by atoms with Crippen LogP contribution in [0.1, 0.15) is 58.8 Å². The summed E-state index contributed by atoms with van der Waals surface area (Å²) in [5, 5.41) is 4.85. The molecule has 4 saturated carbocycles. The van der Waals surface area contributed by atoms with Crippen LogP contribution in [-0.2, 0) is 14.3 Å². The monoisotopic (exact) mass is 414 g/mol. The molecule has 25 heavy (non-hydrogen) atoms. The van der Waals surface area contributed by atoms with Crippen LogP contribution in [0.25, 0.3) is 0 Å². The molecule has 0 radical (unpaired) electrons. The summed E-state index contributed by atoms with van der Waals surface area (Å²) in [5.74, 6) is 0.280. The van der Waals surface area contributed by atoms with E-state index in [9.17, 15) is 14.4 Å². The summed E-state index contributed by atoms with van der Waals surface area (Å²) in [4.78, 5) is 36.2. The van der Waals surface area contributed by atoms with Gasteiger partial charge in [0.25, 0.3) is 5.91 Å². The zero-order valence-electron chi connectivity index (χ0n) is 14.9. The van der Waals surface area contributed by atoms with E-state index in [2.05, 4.69) is 26.6 Å². The van der Waals surface area contributed by atoms with Crippen LogP contribution < -0.4 is 10.6 Å². The molecule has 4 aliphatic rings. The largest absolute Gasteiger partial charge is 0.455 e. The molecule has 3 amide bonds. The second kappa shape index (κ2) is 6.89. The highest BCUT2D eigenvalue weighted by molar-refractivity contribution is 9.10. The average molecular weight is 415 g/mol. The number of ether oxygens (including phenoxy) is 1. The number of amides is 3. The summed E-state index contributed by atoms with van der Waals surface area (Å²) in [6.45, 7) is 3.39.